The minimum atomic E-state index is -4.94. The monoisotopic (exact) mass is 828 g/mol. The summed E-state index contributed by atoms with van der Waals surface area (Å²) in [6, 6.07) is 0. The Labute approximate surface area is 314 Å². The van der Waals surface area contributed by atoms with Crippen LogP contribution >= 0.6 is 14.5 Å². The van der Waals surface area contributed by atoms with Crippen LogP contribution in [0.3, 0.4) is 0 Å². The molecule has 0 spiro atoms. The van der Waals surface area contributed by atoms with Gasteiger partial charge in [0.25, 0.3) is 5.56 Å². The third kappa shape index (κ3) is 6.17. The summed E-state index contributed by atoms with van der Waals surface area (Å²) >= 11 is 5.64. The maximum Gasteiger partial charge on any atom is 0.472 e. The Kier molecular flexibility index (Phi) is 9.09. The smallest absolute Gasteiger partial charge is 0.409 e. The molecule has 4 unspecified atom stereocenters. The number of phosphoric acid groups is 1. The van der Waals surface area contributed by atoms with E-state index in [0.717, 1.165) is 0 Å². The van der Waals surface area contributed by atoms with Gasteiger partial charge in [0, 0.05) is 13.0 Å². The Morgan fingerprint density at radius 3 is 2.52 bits per heavy atom. The number of hydrogen-bond acceptors (Lipinski definition) is 17. The van der Waals surface area contributed by atoms with Crippen molar-refractivity contribution in [2.24, 2.45) is 11.8 Å². The Balaban J connectivity index is 1.19. The standard InChI is InChI=1S/C29H42N10O11P2SSi/c1-28(2,3)54(5,6)50-21-18-13(14-7-29(14,21)39-12-35-16-22(30)32-10-33-23(16)39)8-45-51(41,42)48-20-19(44-4)15(9-46-52(43,53)49-18)47-26(20)38-11-34-17-24(38)36-27(31)37-25(17)40/h10-15,18-21,26H,7-9H2,1-6H3,(H,41,42)(H,43,53)(H2,30,32,33)(H3,31,36,37,40)/t13-,14-,15+,18+,19+,20+,21?,26+,29?,52?/m0/s1. The van der Waals surface area contributed by atoms with Gasteiger partial charge in [-0.1, -0.05) is 20.8 Å². The number of methoxy groups -OCH3 is 1. The van der Waals surface area contributed by atoms with Gasteiger partial charge < -0.3 is 48.8 Å². The van der Waals surface area contributed by atoms with E-state index in [9.17, 15) is 19.1 Å². The molecule has 2 saturated heterocycles. The summed E-state index contributed by atoms with van der Waals surface area (Å²) in [7, 11) is -6.20. The van der Waals surface area contributed by atoms with E-state index in [2.05, 4.69) is 63.8 Å². The molecule has 54 heavy (non-hydrogen) atoms. The second-order valence-electron chi connectivity index (χ2n) is 15.5. The molecular weight excluding hydrogens is 786 g/mol. The summed E-state index contributed by atoms with van der Waals surface area (Å²) in [6.45, 7) is 5.59. The van der Waals surface area contributed by atoms with Crippen molar-refractivity contribution in [1.29, 1.82) is 0 Å². The number of aromatic nitrogens is 8. The number of nitrogen functional groups attached to an aromatic ring is 2. The predicted molar refractivity (Wildman–Crippen MR) is 197 cm³/mol. The highest BCUT2D eigenvalue weighted by atomic mass is 32.5. The fourth-order valence-corrected chi connectivity index (χ4v) is 11.5. The maximum atomic E-state index is 14.0. The van der Waals surface area contributed by atoms with E-state index in [0.29, 0.717) is 17.6 Å². The van der Waals surface area contributed by atoms with Crippen LogP contribution in [0.1, 0.15) is 33.4 Å². The third-order valence-electron chi connectivity index (χ3n) is 11.4. The van der Waals surface area contributed by atoms with Crippen LogP contribution in [0.15, 0.2) is 23.8 Å². The lowest BCUT2D eigenvalue weighted by atomic mass is 10.0. The van der Waals surface area contributed by atoms with Crippen molar-refractivity contribution in [2.75, 3.05) is 31.8 Å². The molecule has 2 saturated carbocycles. The number of phosphoric ester groups is 1. The average molecular weight is 829 g/mol. The Morgan fingerprint density at radius 1 is 1.06 bits per heavy atom. The quantitative estimate of drug-likeness (QED) is 0.142. The first kappa shape index (κ1) is 38.1. The molecule has 7 N–H and O–H groups in total. The van der Waals surface area contributed by atoms with Gasteiger partial charge in [0.2, 0.25) is 5.95 Å². The number of nitrogens with one attached hydrogen (secondary N) is 1. The second kappa shape index (κ2) is 12.9. The molecule has 11 atom stereocenters. The van der Waals surface area contributed by atoms with E-state index in [1.165, 1.54) is 24.3 Å². The van der Waals surface area contributed by atoms with Crippen molar-refractivity contribution >= 4 is 68.8 Å². The van der Waals surface area contributed by atoms with E-state index in [4.69, 9.17) is 55.3 Å². The zero-order chi connectivity index (χ0) is 38.7. The van der Waals surface area contributed by atoms with Gasteiger partial charge in [-0.3, -0.25) is 23.4 Å². The Hall–Kier alpha value is -2.76. The minimum Gasteiger partial charge on any atom is -0.409 e. The molecule has 4 fully saturated rings. The molecule has 2 bridgehead atoms. The molecule has 4 aromatic heterocycles. The number of anilines is 2. The van der Waals surface area contributed by atoms with Gasteiger partial charge in [-0.25, -0.2) is 24.5 Å². The molecule has 8 rings (SSSR count). The van der Waals surface area contributed by atoms with Crippen molar-refractivity contribution in [2.45, 2.75) is 87.6 Å². The molecule has 25 heteroatoms. The van der Waals surface area contributed by atoms with Gasteiger partial charge in [-0.2, -0.15) is 4.98 Å². The minimum absolute atomic E-state index is 0.0161. The first-order valence-electron chi connectivity index (χ1n) is 17.1. The molecule has 2 aliphatic carbocycles. The Bertz CT molecular complexity index is 2290. The predicted octanol–water partition coefficient (Wildman–Crippen LogP) is 1.91. The first-order valence-corrected chi connectivity index (χ1v) is 24.1. The van der Waals surface area contributed by atoms with Crippen molar-refractivity contribution in [1.82, 2.24) is 39.0 Å². The van der Waals surface area contributed by atoms with Crippen LogP contribution in [0.4, 0.5) is 11.8 Å². The molecule has 21 nitrogen and oxygen atoms in total. The fourth-order valence-electron chi connectivity index (χ4n) is 7.77. The van der Waals surface area contributed by atoms with Gasteiger partial charge in [-0.05, 0) is 42.3 Å². The number of aromatic amines is 1. The van der Waals surface area contributed by atoms with Gasteiger partial charge in [0.1, 0.15) is 30.2 Å². The van der Waals surface area contributed by atoms with Crippen molar-refractivity contribution < 1.29 is 46.3 Å². The third-order valence-corrected chi connectivity index (χ3v) is 18.4. The SMILES string of the molecule is CO[C@H]1[C@H]2OP(=O)(O)OC[C@@H]3[C@@H](OP(O)(=S)OC[C@H]1O[C@H]2n1cnc2c(=O)[nH]c(N)nc21)C(O[Si](C)(C)C(C)(C)C)C1(n2cnc4c(N)ncnc42)C[C@@H]31. The highest BCUT2D eigenvalue weighted by Crippen LogP contribution is 2.69. The number of imidazole rings is 2. The van der Waals surface area contributed by atoms with Crippen LogP contribution in [-0.2, 0) is 53.9 Å². The molecule has 6 heterocycles. The summed E-state index contributed by atoms with van der Waals surface area (Å²) in [6.07, 6.45) is -1.75. The molecule has 2 aliphatic heterocycles. The fraction of sp³-hybridized carbons (Fsp3) is 0.655. The lowest BCUT2D eigenvalue weighted by Gasteiger charge is -2.43. The normalized spacial score (nSPS) is 37.4. The zero-order valence-electron chi connectivity index (χ0n) is 30.1. The highest BCUT2D eigenvalue weighted by molar-refractivity contribution is 8.07. The van der Waals surface area contributed by atoms with E-state index < -0.39 is 76.6 Å². The van der Waals surface area contributed by atoms with Crippen molar-refractivity contribution in [3.63, 3.8) is 0 Å². The first-order chi connectivity index (χ1) is 25.3. The van der Waals surface area contributed by atoms with Crippen LogP contribution in [0.2, 0.25) is 18.1 Å². The molecule has 0 radical (unpaired) electrons. The van der Waals surface area contributed by atoms with Crippen LogP contribution in [-0.4, -0.2) is 108 Å². The van der Waals surface area contributed by atoms with Gasteiger partial charge >= 0.3 is 14.5 Å². The molecular formula is C29H42N10O11P2SSi. The average Bonchev–Trinajstić information content (AvgIpc) is 3.38. The van der Waals surface area contributed by atoms with Gasteiger partial charge in [0.05, 0.1) is 43.6 Å². The number of nitrogens with zero attached hydrogens (tertiary/aromatic N) is 7. The van der Waals surface area contributed by atoms with Crippen LogP contribution in [0.25, 0.3) is 22.3 Å². The lowest BCUT2D eigenvalue weighted by molar-refractivity contribution is -0.0603. The van der Waals surface area contributed by atoms with E-state index in [-0.39, 0.29) is 47.1 Å². The number of rotatable bonds is 5. The van der Waals surface area contributed by atoms with E-state index in [1.54, 1.807) is 6.33 Å². The maximum absolute atomic E-state index is 14.0. The topological polar surface area (TPSA) is 281 Å². The summed E-state index contributed by atoms with van der Waals surface area (Å²) in [5.41, 5.74) is 11.4. The Morgan fingerprint density at radius 2 is 1.80 bits per heavy atom. The molecule has 4 aliphatic rings. The molecule has 294 valence electrons. The van der Waals surface area contributed by atoms with Crippen LogP contribution in [0, 0.1) is 11.8 Å². The number of H-pyrrole nitrogens is 1. The summed E-state index contributed by atoms with van der Waals surface area (Å²) in [4.78, 5) is 59.5. The molecule has 4 aromatic rings. The van der Waals surface area contributed by atoms with Crippen molar-refractivity contribution in [3.05, 3.63) is 29.3 Å². The molecule has 0 amide bonds. The van der Waals surface area contributed by atoms with Gasteiger partial charge in [0.15, 0.2) is 37.2 Å². The largest absolute Gasteiger partial charge is 0.472 e. The lowest BCUT2D eigenvalue weighted by Crippen LogP contribution is -2.52. The number of nitrogens with two attached hydrogens (primary N) is 2. The van der Waals surface area contributed by atoms with Crippen LogP contribution < -0.4 is 17.0 Å². The highest BCUT2D eigenvalue weighted by Gasteiger charge is 2.75. The van der Waals surface area contributed by atoms with E-state index >= 15 is 0 Å². The number of fused-ring (bicyclic) bond motifs is 7. The summed E-state index contributed by atoms with van der Waals surface area (Å²) < 4.78 is 60.4. The number of ether oxygens (including phenoxy) is 2. The van der Waals surface area contributed by atoms with Gasteiger partial charge in [-0.15, -0.1) is 0 Å². The van der Waals surface area contributed by atoms with E-state index in [1.807, 2.05) is 4.57 Å². The molecule has 0 aromatic carbocycles. The second-order valence-corrected chi connectivity index (χ2v) is 24.5. The van der Waals surface area contributed by atoms with Crippen LogP contribution in [0.5, 0.6) is 0 Å². The summed E-state index contributed by atoms with van der Waals surface area (Å²) in [5, 5.41) is -0.248. The van der Waals surface area contributed by atoms with Crippen molar-refractivity contribution in [3.8, 4) is 0 Å². The number of hydrogen-bond donors (Lipinski definition) is 5. The zero-order valence-corrected chi connectivity index (χ0v) is 33.7. The summed E-state index contributed by atoms with van der Waals surface area (Å²) in [5.74, 6) is -0.955.